The zero-order valence-corrected chi connectivity index (χ0v) is 16.0. The Morgan fingerprint density at radius 2 is 1.79 bits per heavy atom. The van der Waals surface area contributed by atoms with Crippen LogP contribution in [-0.4, -0.2) is 39.6 Å². The third-order valence-corrected chi connectivity index (χ3v) is 5.15. The van der Waals surface area contributed by atoms with E-state index in [1.165, 1.54) is 24.3 Å². The topological polar surface area (TPSA) is 63.7 Å². The van der Waals surface area contributed by atoms with Crippen LogP contribution in [0.2, 0.25) is 0 Å². The fraction of sp³-hybridized carbons (Fsp3) is 0.235. The van der Waals surface area contributed by atoms with Crippen molar-refractivity contribution in [3.05, 3.63) is 58.1 Å². The Labute approximate surface area is 150 Å². The lowest BCUT2D eigenvalue weighted by atomic mass is 10.1. The second kappa shape index (κ2) is 7.36. The van der Waals surface area contributed by atoms with E-state index in [9.17, 15) is 13.2 Å². The lowest BCUT2D eigenvalue weighted by molar-refractivity contribution is 0.0784. The number of rotatable bonds is 5. The van der Waals surface area contributed by atoms with Crippen molar-refractivity contribution in [2.24, 2.45) is 0 Å². The van der Waals surface area contributed by atoms with Crippen molar-refractivity contribution in [1.82, 2.24) is 4.90 Å². The van der Waals surface area contributed by atoms with E-state index in [1.807, 2.05) is 18.2 Å². The molecule has 0 saturated heterocycles. The highest BCUT2D eigenvalue weighted by atomic mass is 79.9. The van der Waals surface area contributed by atoms with Gasteiger partial charge in [-0.25, -0.2) is 8.42 Å². The van der Waals surface area contributed by atoms with E-state index in [4.69, 9.17) is 4.74 Å². The molecule has 0 aliphatic rings. The highest BCUT2D eigenvalue weighted by molar-refractivity contribution is 9.10. The molecule has 0 aromatic heterocycles. The Kier molecular flexibility index (Phi) is 5.66. The summed E-state index contributed by atoms with van der Waals surface area (Å²) in [5, 5.41) is 0. The first-order valence-electron chi connectivity index (χ1n) is 7.10. The number of ether oxygens (including phenoxy) is 1. The molecule has 128 valence electrons. The molecule has 0 bridgehead atoms. The molecule has 0 radical (unpaired) electrons. The van der Waals surface area contributed by atoms with Crippen molar-refractivity contribution in [3.63, 3.8) is 0 Å². The van der Waals surface area contributed by atoms with Crippen molar-refractivity contribution in [2.75, 3.05) is 20.4 Å². The summed E-state index contributed by atoms with van der Waals surface area (Å²) in [4.78, 5) is 14.3. The molecule has 7 heteroatoms. The Morgan fingerprint density at radius 1 is 1.17 bits per heavy atom. The number of hydrogen-bond donors (Lipinski definition) is 0. The second-order valence-electron chi connectivity index (χ2n) is 5.41. The Morgan fingerprint density at radius 3 is 2.33 bits per heavy atom. The quantitative estimate of drug-likeness (QED) is 0.757. The fourth-order valence-electron chi connectivity index (χ4n) is 2.26. The number of amides is 1. The fourth-order valence-corrected chi connectivity index (χ4v) is 3.30. The van der Waals surface area contributed by atoms with Crippen molar-refractivity contribution in [3.8, 4) is 5.75 Å². The molecule has 2 aromatic rings. The van der Waals surface area contributed by atoms with Crippen molar-refractivity contribution >= 4 is 31.7 Å². The average Bonchev–Trinajstić information content (AvgIpc) is 2.53. The predicted octanol–water partition coefficient (Wildman–Crippen LogP) is 3.13. The van der Waals surface area contributed by atoms with Crippen LogP contribution in [0.3, 0.4) is 0 Å². The normalized spacial score (nSPS) is 11.2. The van der Waals surface area contributed by atoms with Crippen LogP contribution < -0.4 is 4.74 Å². The molecule has 2 aromatic carbocycles. The highest BCUT2D eigenvalue weighted by Gasteiger charge is 2.15. The number of benzene rings is 2. The SMILES string of the molecule is COc1ccc(Br)cc1CN(C)C(=O)c1ccc(S(C)(=O)=O)cc1. The second-order valence-corrected chi connectivity index (χ2v) is 8.35. The molecular weight excluding hydrogens is 394 g/mol. The molecule has 0 fully saturated rings. The standard InChI is InChI=1S/C17H18BrNO4S/c1-19(11-13-10-14(18)6-9-16(13)23-2)17(20)12-4-7-15(8-5-12)24(3,21)22/h4-10H,11H2,1-3H3. The molecular formula is C17H18BrNO4S. The minimum absolute atomic E-state index is 0.190. The van der Waals surface area contributed by atoms with Crippen LogP contribution in [-0.2, 0) is 16.4 Å². The lowest BCUT2D eigenvalue weighted by Crippen LogP contribution is -2.26. The molecule has 0 aliphatic carbocycles. The van der Waals surface area contributed by atoms with Gasteiger partial charge in [-0.2, -0.15) is 0 Å². The monoisotopic (exact) mass is 411 g/mol. The molecule has 0 heterocycles. The zero-order valence-electron chi connectivity index (χ0n) is 13.6. The van der Waals surface area contributed by atoms with E-state index in [2.05, 4.69) is 15.9 Å². The van der Waals surface area contributed by atoms with E-state index in [0.717, 1.165) is 16.3 Å². The maximum absolute atomic E-state index is 12.5. The van der Waals surface area contributed by atoms with E-state index in [0.29, 0.717) is 17.9 Å². The summed E-state index contributed by atoms with van der Waals surface area (Å²) in [6.45, 7) is 0.370. The van der Waals surface area contributed by atoms with Crippen molar-refractivity contribution < 1.29 is 17.9 Å². The molecule has 2 rings (SSSR count). The van der Waals surface area contributed by atoms with Gasteiger partial charge in [0.25, 0.3) is 5.91 Å². The van der Waals surface area contributed by atoms with Gasteiger partial charge in [0.15, 0.2) is 9.84 Å². The first-order valence-corrected chi connectivity index (χ1v) is 9.79. The van der Waals surface area contributed by atoms with Crippen LogP contribution in [0, 0.1) is 0 Å². The summed E-state index contributed by atoms with van der Waals surface area (Å²) in [5.74, 6) is 0.502. The predicted molar refractivity (Wildman–Crippen MR) is 96.0 cm³/mol. The van der Waals surface area contributed by atoms with Crippen LogP contribution in [0.1, 0.15) is 15.9 Å². The van der Waals surface area contributed by atoms with Gasteiger partial charge >= 0.3 is 0 Å². The molecule has 24 heavy (non-hydrogen) atoms. The first-order chi connectivity index (χ1) is 11.2. The molecule has 5 nitrogen and oxygen atoms in total. The summed E-state index contributed by atoms with van der Waals surface area (Å²) in [7, 11) is -0.00503. The van der Waals surface area contributed by atoms with Crippen LogP contribution in [0.4, 0.5) is 0 Å². The minimum Gasteiger partial charge on any atom is -0.496 e. The lowest BCUT2D eigenvalue weighted by Gasteiger charge is -2.19. The maximum atomic E-state index is 12.5. The van der Waals surface area contributed by atoms with Gasteiger partial charge < -0.3 is 9.64 Å². The summed E-state index contributed by atoms with van der Waals surface area (Å²) in [5.41, 5.74) is 1.30. The summed E-state index contributed by atoms with van der Waals surface area (Å²) in [6, 6.07) is 11.5. The number of nitrogens with zero attached hydrogens (tertiary/aromatic N) is 1. The third kappa shape index (κ3) is 4.36. The van der Waals surface area contributed by atoms with Gasteiger partial charge in [-0.15, -0.1) is 0 Å². The van der Waals surface area contributed by atoms with Gasteiger partial charge in [-0.3, -0.25) is 4.79 Å². The molecule has 1 amide bonds. The van der Waals surface area contributed by atoms with Gasteiger partial charge in [-0.05, 0) is 42.5 Å². The average molecular weight is 412 g/mol. The Hall–Kier alpha value is -1.86. The Bertz CT molecular complexity index is 847. The van der Waals surface area contributed by atoms with Gasteiger partial charge in [0.05, 0.1) is 12.0 Å². The number of sulfone groups is 1. The molecule has 0 spiro atoms. The van der Waals surface area contributed by atoms with E-state index < -0.39 is 9.84 Å². The van der Waals surface area contributed by atoms with Crippen molar-refractivity contribution in [1.29, 1.82) is 0 Å². The van der Waals surface area contributed by atoms with Gasteiger partial charge in [0.1, 0.15) is 5.75 Å². The summed E-state index contributed by atoms with van der Waals surface area (Å²) < 4.78 is 29.2. The number of halogens is 1. The molecule has 0 aliphatic heterocycles. The summed E-state index contributed by atoms with van der Waals surface area (Å²) in [6.07, 6.45) is 1.13. The third-order valence-electron chi connectivity index (χ3n) is 3.53. The van der Waals surface area contributed by atoms with Gasteiger partial charge in [-0.1, -0.05) is 15.9 Å². The number of methoxy groups -OCH3 is 1. The van der Waals surface area contributed by atoms with Crippen molar-refractivity contribution in [2.45, 2.75) is 11.4 Å². The summed E-state index contributed by atoms with van der Waals surface area (Å²) >= 11 is 3.41. The van der Waals surface area contributed by atoms with Crippen LogP contribution in [0.5, 0.6) is 5.75 Å². The van der Waals surface area contributed by atoms with Gasteiger partial charge in [0.2, 0.25) is 0 Å². The molecule has 0 atom stereocenters. The first kappa shape index (κ1) is 18.5. The van der Waals surface area contributed by atoms with E-state index in [-0.39, 0.29) is 10.8 Å². The van der Waals surface area contributed by atoms with Crippen LogP contribution in [0.25, 0.3) is 0 Å². The molecule has 0 N–H and O–H groups in total. The smallest absolute Gasteiger partial charge is 0.253 e. The largest absolute Gasteiger partial charge is 0.496 e. The highest BCUT2D eigenvalue weighted by Crippen LogP contribution is 2.24. The Balaban J connectivity index is 2.20. The zero-order chi connectivity index (χ0) is 17.9. The van der Waals surface area contributed by atoms with Gasteiger partial charge in [0, 0.05) is 35.4 Å². The van der Waals surface area contributed by atoms with Crippen LogP contribution in [0.15, 0.2) is 51.8 Å². The van der Waals surface area contributed by atoms with E-state index in [1.54, 1.807) is 19.1 Å². The minimum atomic E-state index is -3.27. The van der Waals surface area contributed by atoms with Crippen LogP contribution >= 0.6 is 15.9 Å². The maximum Gasteiger partial charge on any atom is 0.253 e. The molecule has 0 unspecified atom stereocenters. The number of carbonyl (C=O) groups excluding carboxylic acids is 1. The molecule has 0 saturated carbocycles. The number of carbonyl (C=O) groups is 1. The number of hydrogen-bond acceptors (Lipinski definition) is 4. The van der Waals surface area contributed by atoms with E-state index >= 15 is 0 Å².